The van der Waals surface area contributed by atoms with E-state index in [1.165, 1.54) is 12.8 Å². The molecule has 4 heteroatoms. The van der Waals surface area contributed by atoms with Crippen LogP contribution < -0.4 is 5.73 Å². The number of hydrogen-bond donors (Lipinski definition) is 1. The van der Waals surface area contributed by atoms with Gasteiger partial charge in [-0.05, 0) is 25.7 Å². The summed E-state index contributed by atoms with van der Waals surface area (Å²) in [5, 5.41) is 0. The van der Waals surface area contributed by atoms with E-state index in [4.69, 9.17) is 19.9 Å². The van der Waals surface area contributed by atoms with Gasteiger partial charge in [-0.2, -0.15) is 0 Å². The van der Waals surface area contributed by atoms with E-state index >= 15 is 0 Å². The van der Waals surface area contributed by atoms with Gasteiger partial charge in [0.2, 0.25) is 0 Å². The van der Waals surface area contributed by atoms with Crippen LogP contribution in [0.4, 0.5) is 0 Å². The standard InChI is InChI=1S/C12H23NO3/c13-12(10-4-6-14-7-10)9-15-8-11-3-1-2-5-16-11/h10-12H,1-9,13H2. The fraction of sp³-hybridized carbons (Fsp3) is 1.00. The molecule has 0 aromatic carbocycles. The third kappa shape index (κ3) is 3.70. The van der Waals surface area contributed by atoms with Crippen molar-refractivity contribution in [3.63, 3.8) is 0 Å². The minimum absolute atomic E-state index is 0.117. The summed E-state index contributed by atoms with van der Waals surface area (Å²) in [6.07, 6.45) is 4.94. The van der Waals surface area contributed by atoms with Gasteiger partial charge in [-0.1, -0.05) is 0 Å². The molecule has 2 rings (SSSR count). The van der Waals surface area contributed by atoms with Gasteiger partial charge >= 0.3 is 0 Å². The summed E-state index contributed by atoms with van der Waals surface area (Å²) in [6, 6.07) is 0.117. The highest BCUT2D eigenvalue weighted by atomic mass is 16.5. The van der Waals surface area contributed by atoms with Crippen molar-refractivity contribution in [2.45, 2.75) is 37.8 Å². The predicted octanol–water partition coefficient (Wildman–Crippen LogP) is 0.936. The summed E-state index contributed by atoms with van der Waals surface area (Å²) >= 11 is 0. The molecule has 2 heterocycles. The monoisotopic (exact) mass is 229 g/mol. The topological polar surface area (TPSA) is 53.7 Å². The first-order valence-electron chi connectivity index (χ1n) is 6.39. The van der Waals surface area contributed by atoms with Crippen molar-refractivity contribution in [3.05, 3.63) is 0 Å². The third-order valence-electron chi connectivity index (χ3n) is 3.46. The Hall–Kier alpha value is -0.160. The highest BCUT2D eigenvalue weighted by Gasteiger charge is 2.23. The molecule has 2 N–H and O–H groups in total. The second-order valence-electron chi connectivity index (χ2n) is 4.81. The molecular weight excluding hydrogens is 206 g/mol. The molecule has 0 aromatic rings. The Morgan fingerprint density at radius 2 is 2.19 bits per heavy atom. The van der Waals surface area contributed by atoms with E-state index < -0.39 is 0 Å². The lowest BCUT2D eigenvalue weighted by Crippen LogP contribution is -2.36. The van der Waals surface area contributed by atoms with Crippen LogP contribution in [0.25, 0.3) is 0 Å². The summed E-state index contributed by atoms with van der Waals surface area (Å²) in [6.45, 7) is 3.86. The molecular formula is C12H23NO3. The zero-order chi connectivity index (χ0) is 11.2. The Balaban J connectivity index is 1.56. The average molecular weight is 229 g/mol. The zero-order valence-electron chi connectivity index (χ0n) is 9.90. The van der Waals surface area contributed by atoms with Crippen LogP contribution in [0.15, 0.2) is 0 Å². The molecule has 16 heavy (non-hydrogen) atoms. The number of ether oxygens (including phenoxy) is 3. The van der Waals surface area contributed by atoms with Gasteiger partial charge in [0.15, 0.2) is 0 Å². The van der Waals surface area contributed by atoms with E-state index in [1.54, 1.807) is 0 Å². The van der Waals surface area contributed by atoms with Crippen LogP contribution in [0.3, 0.4) is 0 Å². The lowest BCUT2D eigenvalue weighted by Gasteiger charge is -2.24. The van der Waals surface area contributed by atoms with Crippen molar-refractivity contribution in [3.8, 4) is 0 Å². The molecule has 2 fully saturated rings. The Bertz CT molecular complexity index is 189. The van der Waals surface area contributed by atoms with Crippen LogP contribution in [-0.2, 0) is 14.2 Å². The fourth-order valence-corrected chi connectivity index (χ4v) is 2.30. The van der Waals surface area contributed by atoms with Gasteiger partial charge in [0, 0.05) is 25.2 Å². The van der Waals surface area contributed by atoms with Crippen molar-refractivity contribution in [1.82, 2.24) is 0 Å². The third-order valence-corrected chi connectivity index (χ3v) is 3.46. The quantitative estimate of drug-likeness (QED) is 0.762. The fourth-order valence-electron chi connectivity index (χ4n) is 2.30. The molecule has 4 nitrogen and oxygen atoms in total. The van der Waals surface area contributed by atoms with Crippen molar-refractivity contribution in [2.75, 3.05) is 33.0 Å². The Labute approximate surface area is 97.4 Å². The molecule has 0 radical (unpaired) electrons. The van der Waals surface area contributed by atoms with E-state index in [1.807, 2.05) is 0 Å². The summed E-state index contributed by atoms with van der Waals surface area (Å²) in [7, 11) is 0. The largest absolute Gasteiger partial charge is 0.381 e. The molecule has 0 bridgehead atoms. The van der Waals surface area contributed by atoms with Gasteiger partial charge in [-0.15, -0.1) is 0 Å². The highest BCUT2D eigenvalue weighted by molar-refractivity contribution is 4.76. The zero-order valence-corrected chi connectivity index (χ0v) is 9.90. The lowest BCUT2D eigenvalue weighted by molar-refractivity contribution is -0.0448. The molecule has 3 atom stereocenters. The summed E-state index contributed by atoms with van der Waals surface area (Å²) in [5.74, 6) is 0.479. The van der Waals surface area contributed by atoms with Crippen molar-refractivity contribution < 1.29 is 14.2 Å². The minimum Gasteiger partial charge on any atom is -0.381 e. The van der Waals surface area contributed by atoms with Gasteiger partial charge in [0.05, 0.1) is 25.9 Å². The van der Waals surface area contributed by atoms with Crippen LogP contribution in [0.1, 0.15) is 25.7 Å². The van der Waals surface area contributed by atoms with Gasteiger partial charge in [-0.25, -0.2) is 0 Å². The maximum absolute atomic E-state index is 6.05. The van der Waals surface area contributed by atoms with E-state index in [0.717, 1.165) is 32.7 Å². The minimum atomic E-state index is 0.117. The molecule has 0 amide bonds. The number of rotatable bonds is 5. The lowest BCUT2D eigenvalue weighted by atomic mass is 10.0. The second-order valence-corrected chi connectivity index (χ2v) is 4.81. The number of hydrogen-bond acceptors (Lipinski definition) is 4. The van der Waals surface area contributed by atoms with Crippen LogP contribution in [0, 0.1) is 5.92 Å². The Morgan fingerprint density at radius 1 is 1.25 bits per heavy atom. The highest BCUT2D eigenvalue weighted by Crippen LogP contribution is 2.16. The summed E-state index contributed by atoms with van der Waals surface area (Å²) in [5.41, 5.74) is 6.05. The molecule has 0 aromatic heterocycles. The molecule has 2 aliphatic rings. The van der Waals surface area contributed by atoms with Gasteiger partial charge in [0.1, 0.15) is 0 Å². The van der Waals surface area contributed by atoms with Crippen LogP contribution >= 0.6 is 0 Å². The van der Waals surface area contributed by atoms with Crippen LogP contribution in [-0.4, -0.2) is 45.2 Å². The molecule has 2 aliphatic heterocycles. The van der Waals surface area contributed by atoms with E-state index in [0.29, 0.717) is 25.2 Å². The average Bonchev–Trinajstić information content (AvgIpc) is 2.84. The first kappa shape index (κ1) is 12.3. The van der Waals surface area contributed by atoms with Crippen molar-refractivity contribution >= 4 is 0 Å². The Kier molecular flexibility index (Phi) is 5.03. The Morgan fingerprint density at radius 3 is 2.88 bits per heavy atom. The molecule has 94 valence electrons. The van der Waals surface area contributed by atoms with E-state index in [2.05, 4.69) is 0 Å². The summed E-state index contributed by atoms with van der Waals surface area (Å²) in [4.78, 5) is 0. The first-order chi connectivity index (χ1) is 7.86. The van der Waals surface area contributed by atoms with E-state index in [-0.39, 0.29) is 6.04 Å². The van der Waals surface area contributed by atoms with E-state index in [9.17, 15) is 0 Å². The maximum Gasteiger partial charge on any atom is 0.0808 e. The van der Waals surface area contributed by atoms with Crippen LogP contribution in [0.2, 0.25) is 0 Å². The van der Waals surface area contributed by atoms with Crippen molar-refractivity contribution in [1.29, 1.82) is 0 Å². The molecule has 3 unspecified atom stereocenters. The normalized spacial score (nSPS) is 32.8. The van der Waals surface area contributed by atoms with Gasteiger partial charge in [-0.3, -0.25) is 0 Å². The second kappa shape index (κ2) is 6.55. The molecule has 2 saturated heterocycles. The van der Waals surface area contributed by atoms with Crippen LogP contribution in [0.5, 0.6) is 0 Å². The summed E-state index contributed by atoms with van der Waals surface area (Å²) < 4.78 is 16.6. The first-order valence-corrected chi connectivity index (χ1v) is 6.39. The predicted molar refractivity (Wildman–Crippen MR) is 61.3 cm³/mol. The SMILES string of the molecule is NC(COCC1CCCCO1)C1CCOC1. The van der Waals surface area contributed by atoms with Crippen molar-refractivity contribution in [2.24, 2.45) is 11.7 Å². The molecule has 0 spiro atoms. The maximum atomic E-state index is 6.05. The molecule has 0 saturated carbocycles. The van der Waals surface area contributed by atoms with Gasteiger partial charge in [0.25, 0.3) is 0 Å². The van der Waals surface area contributed by atoms with Gasteiger partial charge < -0.3 is 19.9 Å². The smallest absolute Gasteiger partial charge is 0.0808 e. The molecule has 0 aliphatic carbocycles. The number of nitrogens with two attached hydrogens (primary N) is 1.